The molecule has 2 rings (SSSR count). The molecule has 4 nitrogen and oxygen atoms in total. The Morgan fingerprint density at radius 2 is 2.10 bits per heavy atom. The van der Waals surface area contributed by atoms with Crippen molar-refractivity contribution in [3.63, 3.8) is 0 Å². The van der Waals surface area contributed by atoms with Crippen LogP contribution in [0.15, 0.2) is 52.5 Å². The quantitative estimate of drug-likeness (QED) is 0.261. The van der Waals surface area contributed by atoms with Crippen LogP contribution in [0.3, 0.4) is 0 Å². The molecule has 0 radical (unpaired) electrons. The molecule has 0 unspecified atom stereocenters. The molecule has 0 saturated heterocycles. The van der Waals surface area contributed by atoms with Crippen LogP contribution < -0.4 is 11.1 Å². The summed E-state index contributed by atoms with van der Waals surface area (Å²) < 4.78 is 14.2. The van der Waals surface area contributed by atoms with Crippen molar-refractivity contribution in [1.82, 2.24) is 0 Å². The van der Waals surface area contributed by atoms with E-state index in [1.807, 2.05) is 30.5 Å². The van der Waals surface area contributed by atoms with Crippen LogP contribution in [0.4, 0.5) is 10.1 Å². The highest BCUT2D eigenvalue weighted by Crippen LogP contribution is 2.20. The van der Waals surface area contributed by atoms with Gasteiger partial charge in [-0.25, -0.2) is 4.39 Å². The highest BCUT2D eigenvalue weighted by atomic mass is 32.2. The first-order valence-corrected chi connectivity index (χ1v) is 7.51. The predicted molar refractivity (Wildman–Crippen MR) is 84.5 cm³/mol. The molecule has 0 aromatic heterocycles. The summed E-state index contributed by atoms with van der Waals surface area (Å²) in [4.78, 5) is 1.13. The van der Waals surface area contributed by atoms with Crippen molar-refractivity contribution < 1.29 is 9.60 Å². The Bertz CT molecular complexity index is 661. The molecule has 0 spiro atoms. The number of amidine groups is 1. The zero-order valence-electron chi connectivity index (χ0n) is 11.5. The number of thioether (sulfide) groups is 1. The van der Waals surface area contributed by atoms with E-state index in [0.717, 1.165) is 10.6 Å². The lowest BCUT2D eigenvalue weighted by atomic mass is 10.1. The first kappa shape index (κ1) is 15.2. The first-order chi connectivity index (χ1) is 10.2. The zero-order valence-corrected chi connectivity index (χ0v) is 12.3. The number of nitrogens with one attached hydrogen (secondary N) is 1. The molecule has 0 bridgehead atoms. The van der Waals surface area contributed by atoms with Crippen LogP contribution in [-0.2, 0) is 6.54 Å². The summed E-state index contributed by atoms with van der Waals surface area (Å²) in [5.74, 6) is -0.722. The summed E-state index contributed by atoms with van der Waals surface area (Å²) >= 11 is 1.64. The van der Waals surface area contributed by atoms with Crippen LogP contribution in [0, 0.1) is 5.82 Å². The number of nitrogens with two attached hydrogens (primary N) is 1. The first-order valence-electron chi connectivity index (χ1n) is 6.29. The lowest BCUT2D eigenvalue weighted by Crippen LogP contribution is -2.16. The number of halogens is 1. The maximum atomic E-state index is 14.2. The predicted octanol–water partition coefficient (Wildman–Crippen LogP) is 3.25. The number of hydrogen-bond acceptors (Lipinski definition) is 4. The molecule has 6 heteroatoms. The molecule has 4 N–H and O–H groups in total. The minimum absolute atomic E-state index is 0.0923. The van der Waals surface area contributed by atoms with Gasteiger partial charge in [0.1, 0.15) is 5.82 Å². The van der Waals surface area contributed by atoms with E-state index in [1.165, 1.54) is 6.07 Å². The van der Waals surface area contributed by atoms with Gasteiger partial charge in [-0.1, -0.05) is 23.4 Å². The van der Waals surface area contributed by atoms with Gasteiger partial charge in [-0.05, 0) is 30.5 Å². The van der Waals surface area contributed by atoms with Crippen molar-refractivity contribution in [2.75, 3.05) is 11.6 Å². The van der Waals surface area contributed by atoms with E-state index in [2.05, 4.69) is 10.5 Å². The molecule has 21 heavy (non-hydrogen) atoms. The van der Waals surface area contributed by atoms with E-state index in [-0.39, 0.29) is 11.4 Å². The fraction of sp³-hybridized carbons (Fsp3) is 0.133. The smallest absolute Gasteiger partial charge is 0.173 e. The zero-order chi connectivity index (χ0) is 15.2. The Morgan fingerprint density at radius 1 is 1.33 bits per heavy atom. The molecule has 0 aliphatic heterocycles. The van der Waals surface area contributed by atoms with Gasteiger partial charge in [0.05, 0.1) is 5.56 Å². The normalized spacial score (nSPS) is 11.4. The van der Waals surface area contributed by atoms with Crippen molar-refractivity contribution in [2.45, 2.75) is 11.4 Å². The molecule has 2 aromatic carbocycles. The third-order valence-electron chi connectivity index (χ3n) is 3.02. The van der Waals surface area contributed by atoms with Crippen molar-refractivity contribution in [2.24, 2.45) is 10.9 Å². The summed E-state index contributed by atoms with van der Waals surface area (Å²) in [5.41, 5.74) is 6.90. The fourth-order valence-corrected chi connectivity index (χ4v) is 2.36. The molecular formula is C15H16FN3OS. The second-order valence-electron chi connectivity index (χ2n) is 4.35. The molecule has 0 aliphatic carbocycles. The lowest BCUT2D eigenvalue weighted by molar-refractivity contribution is 0.318. The Labute approximate surface area is 126 Å². The van der Waals surface area contributed by atoms with Crippen LogP contribution >= 0.6 is 11.8 Å². The van der Waals surface area contributed by atoms with Gasteiger partial charge in [-0.3, -0.25) is 0 Å². The van der Waals surface area contributed by atoms with E-state index in [4.69, 9.17) is 10.9 Å². The van der Waals surface area contributed by atoms with Crippen LogP contribution in [0.25, 0.3) is 0 Å². The Hall–Kier alpha value is -2.21. The minimum Gasteiger partial charge on any atom is -0.409 e. The van der Waals surface area contributed by atoms with E-state index in [0.29, 0.717) is 12.1 Å². The number of rotatable bonds is 5. The summed E-state index contributed by atoms with van der Waals surface area (Å²) in [6.07, 6.45) is 2.00. The van der Waals surface area contributed by atoms with Gasteiger partial charge >= 0.3 is 0 Å². The van der Waals surface area contributed by atoms with Crippen LogP contribution in [0.1, 0.15) is 11.1 Å². The van der Waals surface area contributed by atoms with E-state index >= 15 is 0 Å². The lowest BCUT2D eigenvalue weighted by Gasteiger charge is -2.10. The van der Waals surface area contributed by atoms with Crippen LogP contribution in [0.2, 0.25) is 0 Å². The van der Waals surface area contributed by atoms with Crippen molar-refractivity contribution in [1.29, 1.82) is 0 Å². The largest absolute Gasteiger partial charge is 0.409 e. The average Bonchev–Trinajstić information content (AvgIpc) is 2.53. The standard InChI is InChI=1S/C15H16FN3OS/c1-21-12-6-3-5-11(8-12)18-9-10-4-2-7-13(14(10)16)15(17)19-20/h2-8,18,20H,9H2,1H3,(H2,17,19). The van der Waals surface area contributed by atoms with E-state index in [9.17, 15) is 4.39 Å². The van der Waals surface area contributed by atoms with Crippen LogP contribution in [-0.4, -0.2) is 17.3 Å². The van der Waals surface area contributed by atoms with Gasteiger partial charge in [0.15, 0.2) is 5.84 Å². The molecule has 0 saturated carbocycles. The number of benzene rings is 2. The number of anilines is 1. The minimum atomic E-state index is -0.485. The summed E-state index contributed by atoms with van der Waals surface area (Å²) in [7, 11) is 0. The Morgan fingerprint density at radius 3 is 2.81 bits per heavy atom. The van der Waals surface area contributed by atoms with E-state index in [1.54, 1.807) is 23.9 Å². The number of hydrogen-bond donors (Lipinski definition) is 3. The molecular weight excluding hydrogens is 289 g/mol. The highest BCUT2D eigenvalue weighted by Gasteiger charge is 2.11. The molecule has 2 aromatic rings. The summed E-state index contributed by atoms with van der Waals surface area (Å²) in [6, 6.07) is 12.7. The molecule has 0 aliphatic rings. The number of nitrogens with zero attached hydrogens (tertiary/aromatic N) is 1. The molecule has 110 valence electrons. The Balaban J connectivity index is 2.16. The molecule has 0 fully saturated rings. The molecule has 0 heterocycles. The molecule has 0 atom stereocenters. The van der Waals surface area contributed by atoms with Gasteiger partial charge in [-0.15, -0.1) is 11.8 Å². The van der Waals surface area contributed by atoms with E-state index < -0.39 is 5.82 Å². The average molecular weight is 305 g/mol. The highest BCUT2D eigenvalue weighted by molar-refractivity contribution is 7.98. The SMILES string of the molecule is CSc1cccc(NCc2cccc(/C(N)=N/O)c2F)c1. The van der Waals surface area contributed by atoms with Crippen LogP contribution in [0.5, 0.6) is 0 Å². The maximum absolute atomic E-state index is 14.2. The van der Waals surface area contributed by atoms with Gasteiger partial charge in [-0.2, -0.15) is 0 Å². The summed E-state index contributed by atoms with van der Waals surface area (Å²) in [5, 5.41) is 14.6. The van der Waals surface area contributed by atoms with Crippen molar-refractivity contribution >= 4 is 23.3 Å². The molecule has 0 amide bonds. The topological polar surface area (TPSA) is 70.6 Å². The third kappa shape index (κ3) is 3.66. The monoisotopic (exact) mass is 305 g/mol. The fourth-order valence-electron chi connectivity index (χ4n) is 1.90. The second kappa shape index (κ2) is 6.99. The maximum Gasteiger partial charge on any atom is 0.173 e. The van der Waals surface area contributed by atoms with Gasteiger partial charge in [0.25, 0.3) is 0 Å². The number of oxime groups is 1. The van der Waals surface area contributed by atoms with Gasteiger partial charge in [0, 0.05) is 22.7 Å². The van der Waals surface area contributed by atoms with Crippen molar-refractivity contribution in [3.05, 3.63) is 59.4 Å². The van der Waals surface area contributed by atoms with Crippen molar-refractivity contribution in [3.8, 4) is 0 Å². The third-order valence-corrected chi connectivity index (χ3v) is 3.74. The Kier molecular flexibility index (Phi) is 5.05. The summed E-state index contributed by atoms with van der Waals surface area (Å²) in [6.45, 7) is 0.316. The van der Waals surface area contributed by atoms with Gasteiger partial charge < -0.3 is 16.3 Å². The second-order valence-corrected chi connectivity index (χ2v) is 5.23. The van der Waals surface area contributed by atoms with Gasteiger partial charge in [0.2, 0.25) is 0 Å².